The summed E-state index contributed by atoms with van der Waals surface area (Å²) >= 11 is 0. The zero-order valence-electron chi connectivity index (χ0n) is 15.9. The van der Waals surface area contributed by atoms with E-state index in [1.54, 1.807) is 25.5 Å². The van der Waals surface area contributed by atoms with Crippen molar-refractivity contribution in [3.8, 4) is 6.01 Å². The van der Waals surface area contributed by atoms with E-state index in [9.17, 15) is 0 Å². The highest BCUT2D eigenvalue weighted by Crippen LogP contribution is 2.24. The van der Waals surface area contributed by atoms with Crippen LogP contribution in [0.1, 0.15) is 30.7 Å². The van der Waals surface area contributed by atoms with Crippen molar-refractivity contribution in [2.45, 2.75) is 26.2 Å². The summed E-state index contributed by atoms with van der Waals surface area (Å²) in [5.41, 5.74) is 10.3. The van der Waals surface area contributed by atoms with Gasteiger partial charge in [-0.25, -0.2) is 20.8 Å². The van der Waals surface area contributed by atoms with Gasteiger partial charge in [-0.15, -0.1) is 0 Å². The predicted molar refractivity (Wildman–Crippen MR) is 106 cm³/mol. The van der Waals surface area contributed by atoms with Gasteiger partial charge in [0.25, 0.3) is 0 Å². The summed E-state index contributed by atoms with van der Waals surface area (Å²) in [5.74, 6) is 5.96. The molecule has 1 saturated heterocycles. The molecule has 2 aromatic heterocycles. The first kappa shape index (κ1) is 18.9. The van der Waals surface area contributed by atoms with Crippen molar-refractivity contribution >= 4 is 11.4 Å². The maximum atomic E-state index is 6.36. The third-order valence-electron chi connectivity index (χ3n) is 4.65. The zero-order chi connectivity index (χ0) is 19.2. The van der Waals surface area contributed by atoms with E-state index >= 15 is 0 Å². The lowest BCUT2D eigenvalue weighted by Gasteiger charge is -2.30. The van der Waals surface area contributed by atoms with Gasteiger partial charge >= 0.3 is 6.01 Å². The first-order chi connectivity index (χ1) is 13.1. The molecule has 0 unspecified atom stereocenters. The SMILES string of the molecule is Cc1nc(/C(N)=C(\COc2ncccn2)N(C)N)ccc1N1CCCCC1. The van der Waals surface area contributed by atoms with Gasteiger partial charge in [0.1, 0.15) is 6.61 Å². The average molecular weight is 369 g/mol. The van der Waals surface area contributed by atoms with Crippen molar-refractivity contribution in [1.29, 1.82) is 0 Å². The zero-order valence-corrected chi connectivity index (χ0v) is 15.9. The molecule has 4 N–H and O–H groups in total. The molecule has 144 valence electrons. The summed E-state index contributed by atoms with van der Waals surface area (Å²) in [4.78, 5) is 15.2. The van der Waals surface area contributed by atoms with Gasteiger partial charge in [-0.1, -0.05) is 0 Å². The van der Waals surface area contributed by atoms with Gasteiger partial charge in [0, 0.05) is 32.5 Å². The molecule has 0 atom stereocenters. The fourth-order valence-electron chi connectivity index (χ4n) is 3.18. The van der Waals surface area contributed by atoms with E-state index in [0.717, 1.165) is 18.8 Å². The topological polar surface area (TPSA) is 106 Å². The van der Waals surface area contributed by atoms with Gasteiger partial charge in [-0.05, 0) is 44.4 Å². The van der Waals surface area contributed by atoms with Crippen LogP contribution in [0.2, 0.25) is 0 Å². The van der Waals surface area contributed by atoms with E-state index in [1.165, 1.54) is 30.0 Å². The van der Waals surface area contributed by atoms with Crippen molar-refractivity contribution in [2.75, 3.05) is 31.6 Å². The van der Waals surface area contributed by atoms with Crippen LogP contribution in [-0.2, 0) is 0 Å². The number of ether oxygens (including phenoxy) is 1. The Bertz CT molecular complexity index is 786. The monoisotopic (exact) mass is 369 g/mol. The average Bonchev–Trinajstić information content (AvgIpc) is 2.69. The molecule has 3 rings (SSSR count). The summed E-state index contributed by atoms with van der Waals surface area (Å²) in [5, 5.41) is 1.44. The minimum absolute atomic E-state index is 0.150. The molecule has 3 heterocycles. The van der Waals surface area contributed by atoms with Gasteiger partial charge in [0.2, 0.25) is 0 Å². The number of nitrogens with two attached hydrogens (primary N) is 2. The Balaban J connectivity index is 1.81. The Morgan fingerprint density at radius 1 is 1.19 bits per heavy atom. The third kappa shape index (κ3) is 4.65. The molecule has 8 nitrogen and oxygen atoms in total. The van der Waals surface area contributed by atoms with Crippen LogP contribution in [0.25, 0.3) is 5.70 Å². The Morgan fingerprint density at radius 2 is 1.89 bits per heavy atom. The van der Waals surface area contributed by atoms with Gasteiger partial charge in [-0.2, -0.15) is 0 Å². The van der Waals surface area contributed by atoms with Gasteiger partial charge < -0.3 is 20.4 Å². The molecule has 0 spiro atoms. The third-order valence-corrected chi connectivity index (χ3v) is 4.65. The molecule has 8 heteroatoms. The fraction of sp³-hybridized carbons (Fsp3) is 0.421. The van der Waals surface area contributed by atoms with Crippen LogP contribution in [0.4, 0.5) is 5.69 Å². The second-order valence-corrected chi connectivity index (χ2v) is 6.64. The number of likely N-dealkylation sites (N-methyl/N-ethyl adjacent to an activating group) is 1. The molecule has 27 heavy (non-hydrogen) atoms. The van der Waals surface area contributed by atoms with E-state index in [0.29, 0.717) is 17.1 Å². The molecule has 0 amide bonds. The van der Waals surface area contributed by atoms with Crippen molar-refractivity contribution in [3.63, 3.8) is 0 Å². The van der Waals surface area contributed by atoms with Gasteiger partial charge in [-0.3, -0.25) is 0 Å². The van der Waals surface area contributed by atoms with Crippen molar-refractivity contribution in [2.24, 2.45) is 11.6 Å². The van der Waals surface area contributed by atoms with Crippen LogP contribution in [-0.4, -0.2) is 46.7 Å². The smallest absolute Gasteiger partial charge is 0.316 e. The lowest BCUT2D eigenvalue weighted by Crippen LogP contribution is -2.32. The van der Waals surface area contributed by atoms with E-state index in [4.69, 9.17) is 21.3 Å². The summed E-state index contributed by atoms with van der Waals surface area (Å²) in [6.45, 7) is 4.32. The van der Waals surface area contributed by atoms with Crippen LogP contribution < -0.4 is 21.2 Å². The first-order valence-electron chi connectivity index (χ1n) is 9.16. The maximum Gasteiger partial charge on any atom is 0.316 e. The number of pyridine rings is 1. The highest BCUT2D eigenvalue weighted by Gasteiger charge is 2.16. The number of piperidine rings is 1. The fourth-order valence-corrected chi connectivity index (χ4v) is 3.18. The quantitative estimate of drug-likeness (QED) is 0.585. The van der Waals surface area contributed by atoms with Crippen LogP contribution in [0.15, 0.2) is 36.3 Å². The minimum Gasteiger partial charge on any atom is -0.457 e. The van der Waals surface area contributed by atoms with Crippen LogP contribution in [0.5, 0.6) is 6.01 Å². The van der Waals surface area contributed by atoms with Crippen LogP contribution >= 0.6 is 0 Å². The molecule has 0 radical (unpaired) electrons. The lowest BCUT2D eigenvalue weighted by atomic mass is 10.1. The number of rotatable bonds is 6. The normalized spacial score (nSPS) is 15.3. The van der Waals surface area contributed by atoms with Gasteiger partial charge in [0.05, 0.1) is 28.5 Å². The van der Waals surface area contributed by atoms with E-state index < -0.39 is 0 Å². The number of nitrogens with zero attached hydrogens (tertiary/aromatic N) is 5. The first-order valence-corrected chi connectivity index (χ1v) is 9.16. The van der Waals surface area contributed by atoms with Crippen molar-refractivity contribution in [3.05, 3.63) is 47.7 Å². The second kappa shape index (κ2) is 8.68. The number of hydrogen-bond donors (Lipinski definition) is 2. The summed E-state index contributed by atoms with van der Waals surface area (Å²) in [6.07, 6.45) is 6.99. The minimum atomic E-state index is 0.150. The van der Waals surface area contributed by atoms with E-state index in [2.05, 4.69) is 20.9 Å². The Hall–Kier alpha value is -2.87. The van der Waals surface area contributed by atoms with E-state index in [-0.39, 0.29) is 12.6 Å². The molecule has 1 fully saturated rings. The number of aromatic nitrogens is 3. The molecule has 0 saturated carbocycles. The Morgan fingerprint density at radius 3 is 2.52 bits per heavy atom. The summed E-state index contributed by atoms with van der Waals surface area (Å²) in [7, 11) is 1.71. The van der Waals surface area contributed by atoms with Crippen LogP contribution in [0, 0.1) is 6.92 Å². The van der Waals surface area contributed by atoms with E-state index in [1.807, 2.05) is 13.0 Å². The maximum absolute atomic E-state index is 6.36. The van der Waals surface area contributed by atoms with Crippen LogP contribution in [0.3, 0.4) is 0 Å². The molecule has 2 aromatic rings. The number of hydrogen-bond acceptors (Lipinski definition) is 8. The lowest BCUT2D eigenvalue weighted by molar-refractivity contribution is 0.277. The second-order valence-electron chi connectivity index (χ2n) is 6.64. The molecule has 0 aliphatic carbocycles. The molecule has 1 aliphatic rings. The predicted octanol–water partition coefficient (Wildman–Crippen LogP) is 1.68. The molecule has 1 aliphatic heterocycles. The Kier molecular flexibility index (Phi) is 6.08. The molecule has 0 aromatic carbocycles. The number of hydrazine groups is 1. The molecule has 0 bridgehead atoms. The summed E-state index contributed by atoms with van der Waals surface area (Å²) < 4.78 is 5.60. The number of anilines is 1. The summed E-state index contributed by atoms with van der Waals surface area (Å²) in [6, 6.07) is 6.03. The molecular weight excluding hydrogens is 342 g/mol. The highest BCUT2D eigenvalue weighted by molar-refractivity contribution is 5.65. The number of aryl methyl sites for hydroxylation is 1. The van der Waals surface area contributed by atoms with Gasteiger partial charge in [0.15, 0.2) is 0 Å². The Labute approximate surface area is 159 Å². The highest BCUT2D eigenvalue weighted by atomic mass is 16.5. The molecular formula is C19H27N7O. The standard InChI is InChI=1S/C19H27N7O/c1-14-16(26-11-4-3-5-12-26)8-7-15(24-14)18(20)17(25(2)21)13-27-19-22-9-6-10-23-19/h6-10H,3-5,11-13,20-21H2,1-2H3/b18-17-. The van der Waals surface area contributed by atoms with Crippen molar-refractivity contribution < 1.29 is 4.74 Å². The van der Waals surface area contributed by atoms with Crippen molar-refractivity contribution in [1.82, 2.24) is 20.0 Å². The largest absolute Gasteiger partial charge is 0.457 e.